The molecule has 7 rings (SSSR count). The van der Waals surface area contributed by atoms with Gasteiger partial charge in [-0.2, -0.15) is 0 Å². The molecule has 47 heavy (non-hydrogen) atoms. The first-order valence-corrected chi connectivity index (χ1v) is 17.7. The second kappa shape index (κ2) is 12.2. The molecule has 242 valence electrons. The van der Waals surface area contributed by atoms with Crippen LogP contribution in [-0.4, -0.2) is 70.3 Å². The van der Waals surface area contributed by atoms with E-state index in [4.69, 9.17) is 9.97 Å². The molecule has 0 N–H and O–H groups in total. The molecule has 0 radical (unpaired) electrons. The van der Waals surface area contributed by atoms with Crippen molar-refractivity contribution in [1.82, 2.24) is 23.7 Å². The van der Waals surface area contributed by atoms with Gasteiger partial charge in [0.25, 0.3) is 10.0 Å². The van der Waals surface area contributed by atoms with E-state index in [9.17, 15) is 13.2 Å². The molecule has 0 bridgehead atoms. The van der Waals surface area contributed by atoms with Crippen LogP contribution in [0, 0.1) is 13.8 Å². The molecule has 2 aliphatic heterocycles. The SMILES string of the molecule is CC(=O)N1CCN(c2nc(-c3cccc4c3c(C)cn4S(=O)(=O)c3ccc(C)cc3)nc3c2CN(Cc2ccccc2)CC3)C(C)C1. The summed E-state index contributed by atoms with van der Waals surface area (Å²) < 4.78 is 29.1. The van der Waals surface area contributed by atoms with E-state index >= 15 is 0 Å². The summed E-state index contributed by atoms with van der Waals surface area (Å²) >= 11 is 0. The molecule has 1 unspecified atom stereocenters. The maximum absolute atomic E-state index is 13.8. The van der Waals surface area contributed by atoms with Crippen molar-refractivity contribution in [1.29, 1.82) is 0 Å². The number of anilines is 1. The molecule has 1 saturated heterocycles. The van der Waals surface area contributed by atoms with Gasteiger partial charge in [-0.15, -0.1) is 0 Å². The van der Waals surface area contributed by atoms with E-state index in [1.54, 1.807) is 25.3 Å². The second-order valence-corrected chi connectivity index (χ2v) is 14.7. The molecule has 3 aromatic carbocycles. The molecular weight excluding hydrogens is 609 g/mol. The lowest BCUT2D eigenvalue weighted by atomic mass is 10.0. The summed E-state index contributed by atoms with van der Waals surface area (Å²) in [6.07, 6.45) is 2.48. The van der Waals surface area contributed by atoms with Crippen molar-refractivity contribution < 1.29 is 13.2 Å². The normalized spacial score (nSPS) is 17.2. The highest BCUT2D eigenvalue weighted by molar-refractivity contribution is 7.90. The lowest BCUT2D eigenvalue weighted by molar-refractivity contribution is -0.129. The Morgan fingerprint density at radius 2 is 1.68 bits per heavy atom. The molecule has 1 amide bonds. The minimum absolute atomic E-state index is 0.0715. The molecule has 1 atom stereocenters. The highest BCUT2D eigenvalue weighted by Gasteiger charge is 2.32. The molecule has 4 heterocycles. The average Bonchev–Trinajstić information content (AvgIpc) is 3.42. The monoisotopic (exact) mass is 648 g/mol. The van der Waals surface area contributed by atoms with Crippen LogP contribution < -0.4 is 4.90 Å². The molecule has 1 fully saturated rings. The number of amides is 1. The summed E-state index contributed by atoms with van der Waals surface area (Å²) in [6.45, 7) is 12.0. The maximum atomic E-state index is 13.8. The number of aryl methyl sites for hydroxylation is 2. The zero-order chi connectivity index (χ0) is 32.9. The van der Waals surface area contributed by atoms with Crippen LogP contribution in [-0.2, 0) is 34.3 Å². The molecule has 2 aliphatic rings. The fourth-order valence-electron chi connectivity index (χ4n) is 7.00. The van der Waals surface area contributed by atoms with Gasteiger partial charge in [-0.25, -0.2) is 22.4 Å². The van der Waals surface area contributed by atoms with Gasteiger partial charge in [-0.3, -0.25) is 9.69 Å². The molecule has 5 aromatic rings. The molecule has 0 spiro atoms. The molecular formula is C37H40N6O3S. The fourth-order valence-corrected chi connectivity index (χ4v) is 8.42. The third kappa shape index (κ3) is 5.80. The highest BCUT2D eigenvalue weighted by atomic mass is 32.2. The van der Waals surface area contributed by atoms with Gasteiger partial charge in [0.05, 0.1) is 16.1 Å². The topological polar surface area (TPSA) is 91.6 Å². The van der Waals surface area contributed by atoms with Gasteiger partial charge >= 0.3 is 0 Å². The summed E-state index contributed by atoms with van der Waals surface area (Å²) in [4.78, 5) is 29.7. The van der Waals surface area contributed by atoms with E-state index in [1.165, 1.54) is 9.54 Å². The zero-order valence-corrected chi connectivity index (χ0v) is 28.2. The van der Waals surface area contributed by atoms with Crippen molar-refractivity contribution in [2.24, 2.45) is 0 Å². The van der Waals surface area contributed by atoms with Crippen molar-refractivity contribution in [3.05, 3.63) is 107 Å². The molecule has 0 saturated carbocycles. The van der Waals surface area contributed by atoms with Crippen molar-refractivity contribution in [3.63, 3.8) is 0 Å². The minimum atomic E-state index is -3.82. The van der Waals surface area contributed by atoms with E-state index in [0.29, 0.717) is 31.0 Å². The summed E-state index contributed by atoms with van der Waals surface area (Å²) in [5.74, 6) is 1.58. The summed E-state index contributed by atoms with van der Waals surface area (Å²) in [5.41, 5.74) is 6.67. The Morgan fingerprint density at radius 3 is 2.40 bits per heavy atom. The van der Waals surface area contributed by atoms with Crippen LogP contribution in [0.3, 0.4) is 0 Å². The summed E-state index contributed by atoms with van der Waals surface area (Å²) in [6, 6.07) is 23.3. The first-order chi connectivity index (χ1) is 22.6. The number of rotatable bonds is 6. The van der Waals surface area contributed by atoms with Crippen molar-refractivity contribution in [2.75, 3.05) is 31.1 Å². The van der Waals surface area contributed by atoms with Crippen molar-refractivity contribution in [2.45, 2.75) is 58.1 Å². The Kier molecular flexibility index (Phi) is 8.09. The third-order valence-corrected chi connectivity index (χ3v) is 11.2. The Morgan fingerprint density at radius 1 is 0.915 bits per heavy atom. The summed E-state index contributed by atoms with van der Waals surface area (Å²) in [7, 11) is -3.82. The van der Waals surface area contributed by atoms with Gasteiger partial charge in [0.15, 0.2) is 5.82 Å². The number of benzene rings is 3. The first kappa shape index (κ1) is 31.1. The summed E-state index contributed by atoms with van der Waals surface area (Å²) in [5, 5.41) is 0.824. The number of hydrogen-bond donors (Lipinski definition) is 0. The van der Waals surface area contributed by atoms with Gasteiger partial charge < -0.3 is 9.80 Å². The number of aromatic nitrogens is 3. The predicted molar refractivity (Wildman–Crippen MR) is 185 cm³/mol. The van der Waals surface area contributed by atoms with E-state index < -0.39 is 10.0 Å². The molecule has 9 nitrogen and oxygen atoms in total. The van der Waals surface area contributed by atoms with Gasteiger partial charge in [0.1, 0.15) is 5.82 Å². The number of fused-ring (bicyclic) bond motifs is 2. The Bertz CT molecular complexity index is 2080. The zero-order valence-electron chi connectivity index (χ0n) is 27.3. The van der Waals surface area contributed by atoms with Crippen LogP contribution in [0.25, 0.3) is 22.3 Å². The number of nitrogens with zero attached hydrogens (tertiary/aromatic N) is 6. The largest absolute Gasteiger partial charge is 0.350 e. The van der Waals surface area contributed by atoms with E-state index in [-0.39, 0.29) is 16.8 Å². The number of carbonyl (C=O) groups is 1. The van der Waals surface area contributed by atoms with Crippen LogP contribution in [0.15, 0.2) is 83.9 Å². The smallest absolute Gasteiger partial charge is 0.268 e. The number of hydrogen-bond acceptors (Lipinski definition) is 7. The van der Waals surface area contributed by atoms with Crippen molar-refractivity contribution in [3.8, 4) is 11.4 Å². The third-order valence-electron chi connectivity index (χ3n) is 9.52. The van der Waals surface area contributed by atoms with Crippen LogP contribution in [0.1, 0.15) is 41.8 Å². The number of carbonyl (C=O) groups excluding carboxylic acids is 1. The number of piperazine rings is 1. The molecule has 0 aliphatic carbocycles. The average molecular weight is 649 g/mol. The van der Waals surface area contributed by atoms with Crippen molar-refractivity contribution >= 4 is 32.7 Å². The van der Waals surface area contributed by atoms with Crippen LogP contribution in [0.2, 0.25) is 0 Å². The van der Waals surface area contributed by atoms with Crippen LogP contribution >= 0.6 is 0 Å². The lowest BCUT2D eigenvalue weighted by Gasteiger charge is -2.42. The first-order valence-electron chi connectivity index (χ1n) is 16.2. The minimum Gasteiger partial charge on any atom is -0.350 e. The second-order valence-electron chi connectivity index (χ2n) is 12.9. The lowest BCUT2D eigenvalue weighted by Crippen LogP contribution is -2.54. The Labute approximate surface area is 276 Å². The van der Waals surface area contributed by atoms with Crippen LogP contribution in [0.5, 0.6) is 0 Å². The highest BCUT2D eigenvalue weighted by Crippen LogP contribution is 2.37. The fraction of sp³-hybridized carbons (Fsp3) is 0.324. The molecule has 10 heteroatoms. The van der Waals surface area contributed by atoms with Gasteiger partial charge in [-0.1, -0.05) is 60.2 Å². The Hall–Kier alpha value is -4.54. The predicted octanol–water partition coefficient (Wildman–Crippen LogP) is 5.57. The maximum Gasteiger partial charge on any atom is 0.268 e. The van der Waals surface area contributed by atoms with E-state index in [2.05, 4.69) is 41.0 Å². The van der Waals surface area contributed by atoms with Gasteiger partial charge in [0.2, 0.25) is 5.91 Å². The van der Waals surface area contributed by atoms with E-state index in [0.717, 1.165) is 65.2 Å². The quantitative estimate of drug-likeness (QED) is 0.238. The Balaban J connectivity index is 1.33. The van der Waals surface area contributed by atoms with Gasteiger partial charge in [-0.05, 0) is 50.1 Å². The van der Waals surface area contributed by atoms with Gasteiger partial charge in [0, 0.05) is 81.4 Å². The van der Waals surface area contributed by atoms with Crippen LogP contribution in [0.4, 0.5) is 5.82 Å². The molecule has 2 aromatic heterocycles. The van der Waals surface area contributed by atoms with E-state index in [1.807, 2.05) is 55.1 Å². The standard InChI is InChI=1S/C37H40N6O3S/c1-25-13-15-30(16-14-25)47(45,46)43-21-26(2)35-31(11-8-12-34(35)43)36-38-33-17-18-40(23-29-9-6-5-7-10-29)24-32(33)37(39-36)42-20-19-41(28(4)44)22-27(42)3/h5-16,21,27H,17-20,22-24H2,1-4H3.